The quantitative estimate of drug-likeness (QED) is 0.740. The summed E-state index contributed by atoms with van der Waals surface area (Å²) >= 11 is 0. The van der Waals surface area contributed by atoms with Gasteiger partial charge in [-0.1, -0.05) is 6.07 Å². The van der Waals surface area contributed by atoms with E-state index in [9.17, 15) is 4.79 Å². The third kappa shape index (κ3) is 4.66. The summed E-state index contributed by atoms with van der Waals surface area (Å²) < 4.78 is 4.96. The van der Waals surface area contributed by atoms with Crippen molar-refractivity contribution in [2.24, 2.45) is 0 Å². The molecule has 2 aromatic heterocycles. The van der Waals surface area contributed by atoms with Crippen LogP contribution in [0.15, 0.2) is 36.5 Å². The summed E-state index contributed by atoms with van der Waals surface area (Å²) in [7, 11) is 1.64. The molecular formula is C18H24N6O2. The summed E-state index contributed by atoms with van der Waals surface area (Å²) in [6, 6.07) is 9.52. The van der Waals surface area contributed by atoms with E-state index in [-0.39, 0.29) is 5.91 Å². The molecule has 0 atom stereocenters. The van der Waals surface area contributed by atoms with E-state index >= 15 is 0 Å². The number of rotatable bonds is 7. The predicted octanol–water partition coefficient (Wildman–Crippen LogP) is 0.964. The fourth-order valence-electron chi connectivity index (χ4n) is 2.83. The van der Waals surface area contributed by atoms with Crippen LogP contribution in [0.3, 0.4) is 0 Å². The van der Waals surface area contributed by atoms with E-state index in [0.717, 1.165) is 44.2 Å². The fourth-order valence-corrected chi connectivity index (χ4v) is 2.83. The summed E-state index contributed by atoms with van der Waals surface area (Å²) in [4.78, 5) is 20.8. The van der Waals surface area contributed by atoms with E-state index < -0.39 is 0 Å². The largest absolute Gasteiger partial charge is 0.385 e. The van der Waals surface area contributed by atoms with E-state index in [2.05, 4.69) is 30.3 Å². The van der Waals surface area contributed by atoms with Gasteiger partial charge >= 0.3 is 0 Å². The number of piperazine rings is 1. The van der Waals surface area contributed by atoms with Crippen LogP contribution in [0.25, 0.3) is 0 Å². The number of aromatic nitrogens is 3. The van der Waals surface area contributed by atoms with E-state index in [4.69, 9.17) is 4.74 Å². The Morgan fingerprint density at radius 3 is 2.46 bits per heavy atom. The molecule has 1 saturated heterocycles. The maximum atomic E-state index is 12.0. The highest BCUT2D eigenvalue weighted by Crippen LogP contribution is 2.16. The number of hydrogen-bond acceptors (Lipinski definition) is 7. The highest BCUT2D eigenvalue weighted by atomic mass is 16.5. The number of amides is 1. The summed E-state index contributed by atoms with van der Waals surface area (Å²) in [6.45, 7) is 4.61. The van der Waals surface area contributed by atoms with Gasteiger partial charge < -0.3 is 19.9 Å². The number of carbonyl (C=O) groups is 1. The number of carbonyl (C=O) groups excluding carboxylic acids is 1. The first-order chi connectivity index (χ1) is 12.8. The molecule has 1 aliphatic rings. The Kier molecular flexibility index (Phi) is 6.32. The van der Waals surface area contributed by atoms with Crippen molar-refractivity contribution in [3.63, 3.8) is 0 Å². The number of hydrogen-bond donors (Lipinski definition) is 1. The van der Waals surface area contributed by atoms with Crippen molar-refractivity contribution in [3.8, 4) is 0 Å². The van der Waals surface area contributed by atoms with Crippen LogP contribution in [0.5, 0.6) is 0 Å². The first kappa shape index (κ1) is 18.1. The minimum Gasteiger partial charge on any atom is -0.385 e. The second-order valence-corrected chi connectivity index (χ2v) is 6.04. The van der Waals surface area contributed by atoms with Crippen LogP contribution in [0.4, 0.5) is 11.6 Å². The van der Waals surface area contributed by atoms with Crippen molar-refractivity contribution in [2.45, 2.75) is 6.42 Å². The lowest BCUT2D eigenvalue weighted by atomic mass is 10.3. The van der Waals surface area contributed by atoms with Crippen LogP contribution in [-0.4, -0.2) is 67.5 Å². The Labute approximate surface area is 153 Å². The summed E-state index contributed by atoms with van der Waals surface area (Å²) in [5.74, 6) is 1.58. The molecule has 1 N–H and O–H groups in total. The normalized spacial score (nSPS) is 14.3. The molecule has 0 spiro atoms. The molecule has 1 aliphatic heterocycles. The molecule has 3 heterocycles. The highest BCUT2D eigenvalue weighted by molar-refractivity contribution is 5.92. The summed E-state index contributed by atoms with van der Waals surface area (Å²) in [6.07, 6.45) is 2.58. The smallest absolute Gasteiger partial charge is 0.271 e. The second-order valence-electron chi connectivity index (χ2n) is 6.04. The number of nitrogens with zero attached hydrogens (tertiary/aromatic N) is 5. The second kappa shape index (κ2) is 9.10. The zero-order chi connectivity index (χ0) is 18.2. The number of methoxy groups -OCH3 is 1. The van der Waals surface area contributed by atoms with Gasteiger partial charge in [0.2, 0.25) is 0 Å². The van der Waals surface area contributed by atoms with Gasteiger partial charge in [0.25, 0.3) is 5.91 Å². The zero-order valence-electron chi connectivity index (χ0n) is 15.0. The van der Waals surface area contributed by atoms with Crippen LogP contribution in [0.1, 0.15) is 16.9 Å². The molecule has 138 valence electrons. The Hall–Kier alpha value is -2.74. The van der Waals surface area contributed by atoms with Gasteiger partial charge in [0, 0.05) is 52.6 Å². The Bertz CT molecular complexity index is 687. The molecule has 0 radical (unpaired) electrons. The Morgan fingerprint density at radius 1 is 1.08 bits per heavy atom. The van der Waals surface area contributed by atoms with Crippen molar-refractivity contribution >= 4 is 17.5 Å². The van der Waals surface area contributed by atoms with Gasteiger partial charge in [-0.05, 0) is 30.7 Å². The average molecular weight is 356 g/mol. The van der Waals surface area contributed by atoms with E-state index in [1.807, 2.05) is 30.5 Å². The van der Waals surface area contributed by atoms with Gasteiger partial charge in [0.15, 0.2) is 11.5 Å². The lowest BCUT2D eigenvalue weighted by molar-refractivity contribution is 0.0942. The van der Waals surface area contributed by atoms with Gasteiger partial charge in [-0.15, -0.1) is 10.2 Å². The average Bonchev–Trinajstić information content (AvgIpc) is 2.72. The van der Waals surface area contributed by atoms with Crippen molar-refractivity contribution in [3.05, 3.63) is 42.2 Å². The SMILES string of the molecule is COCCCNC(=O)c1ccc(N2CCN(c3ccccn3)CC2)nn1. The summed E-state index contributed by atoms with van der Waals surface area (Å²) in [5.41, 5.74) is 0.332. The van der Waals surface area contributed by atoms with E-state index in [0.29, 0.717) is 18.8 Å². The molecule has 26 heavy (non-hydrogen) atoms. The molecule has 1 fully saturated rings. The van der Waals surface area contributed by atoms with Crippen LogP contribution in [-0.2, 0) is 4.74 Å². The van der Waals surface area contributed by atoms with Crippen molar-refractivity contribution < 1.29 is 9.53 Å². The van der Waals surface area contributed by atoms with Gasteiger partial charge in [0.1, 0.15) is 5.82 Å². The molecule has 3 rings (SSSR count). The van der Waals surface area contributed by atoms with E-state index in [1.54, 1.807) is 13.2 Å². The standard InChI is InChI=1S/C18H24N6O2/c1-26-14-4-9-20-18(25)15-6-7-17(22-21-15)24-12-10-23(11-13-24)16-5-2-3-8-19-16/h2-3,5-8H,4,9-14H2,1H3,(H,20,25). The molecule has 8 heteroatoms. The number of ether oxygens (including phenoxy) is 1. The van der Waals surface area contributed by atoms with Gasteiger partial charge in [-0.2, -0.15) is 0 Å². The predicted molar refractivity (Wildman–Crippen MR) is 99.5 cm³/mol. The van der Waals surface area contributed by atoms with Crippen molar-refractivity contribution in [1.82, 2.24) is 20.5 Å². The maximum absolute atomic E-state index is 12.0. The molecule has 0 unspecified atom stereocenters. The monoisotopic (exact) mass is 356 g/mol. The fraction of sp³-hybridized carbons (Fsp3) is 0.444. The first-order valence-corrected chi connectivity index (χ1v) is 8.80. The Morgan fingerprint density at radius 2 is 1.85 bits per heavy atom. The van der Waals surface area contributed by atoms with E-state index in [1.165, 1.54) is 0 Å². The number of anilines is 2. The molecule has 1 amide bonds. The molecule has 0 aromatic carbocycles. The lowest BCUT2D eigenvalue weighted by Gasteiger charge is -2.35. The number of nitrogens with one attached hydrogen (secondary N) is 1. The van der Waals surface area contributed by atoms with Gasteiger partial charge in [-0.3, -0.25) is 4.79 Å². The zero-order valence-corrected chi connectivity index (χ0v) is 15.0. The summed E-state index contributed by atoms with van der Waals surface area (Å²) in [5, 5.41) is 11.1. The minimum absolute atomic E-state index is 0.208. The van der Waals surface area contributed by atoms with Crippen LogP contribution < -0.4 is 15.1 Å². The van der Waals surface area contributed by atoms with Crippen LogP contribution in [0.2, 0.25) is 0 Å². The number of pyridine rings is 1. The third-order valence-corrected chi connectivity index (χ3v) is 4.27. The molecular weight excluding hydrogens is 332 g/mol. The van der Waals surface area contributed by atoms with Crippen molar-refractivity contribution in [1.29, 1.82) is 0 Å². The lowest BCUT2D eigenvalue weighted by Crippen LogP contribution is -2.47. The first-order valence-electron chi connectivity index (χ1n) is 8.80. The molecule has 0 saturated carbocycles. The van der Waals surface area contributed by atoms with Gasteiger partial charge in [0.05, 0.1) is 0 Å². The topological polar surface area (TPSA) is 83.5 Å². The minimum atomic E-state index is -0.208. The third-order valence-electron chi connectivity index (χ3n) is 4.27. The van der Waals surface area contributed by atoms with Crippen molar-refractivity contribution in [2.75, 3.05) is 56.2 Å². The van der Waals surface area contributed by atoms with Crippen LogP contribution in [0, 0.1) is 0 Å². The molecule has 8 nitrogen and oxygen atoms in total. The van der Waals surface area contributed by atoms with Gasteiger partial charge in [-0.25, -0.2) is 4.98 Å². The molecule has 0 bridgehead atoms. The van der Waals surface area contributed by atoms with Crippen LogP contribution >= 0.6 is 0 Å². The molecule has 0 aliphatic carbocycles. The Balaban J connectivity index is 1.51. The molecule has 2 aromatic rings. The highest BCUT2D eigenvalue weighted by Gasteiger charge is 2.19. The maximum Gasteiger partial charge on any atom is 0.271 e.